The van der Waals surface area contributed by atoms with E-state index in [1.54, 1.807) is 35.8 Å². The summed E-state index contributed by atoms with van der Waals surface area (Å²) in [5, 5.41) is 23.5. The number of thiophene rings is 2. The minimum Gasteiger partial charge on any atom is -0.462 e. The summed E-state index contributed by atoms with van der Waals surface area (Å²) in [6.45, 7) is 3.14. The van der Waals surface area contributed by atoms with Crippen molar-refractivity contribution in [3.05, 3.63) is 189 Å². The third-order valence-corrected chi connectivity index (χ3v) is 12.1. The summed E-state index contributed by atoms with van der Waals surface area (Å²) < 4.78 is 12.5. The molecule has 0 aliphatic rings. The van der Waals surface area contributed by atoms with Gasteiger partial charge in [-0.15, -0.1) is 22.7 Å². The molecule has 2 aromatic heterocycles. The van der Waals surface area contributed by atoms with Crippen LogP contribution < -0.4 is 5.32 Å². The Morgan fingerprint density at radius 1 is 0.617 bits per heavy atom. The van der Waals surface area contributed by atoms with Crippen LogP contribution >= 0.6 is 22.7 Å². The minimum absolute atomic E-state index is 0.102. The molecule has 0 fully saturated rings. The van der Waals surface area contributed by atoms with Gasteiger partial charge in [-0.3, -0.25) is 4.79 Å². The van der Waals surface area contributed by atoms with E-state index in [0.717, 1.165) is 46.2 Å². The van der Waals surface area contributed by atoms with Crippen molar-refractivity contribution in [1.29, 1.82) is 10.5 Å². The number of carbonyl (C=O) groups is 2. The average molecular weight is 824 g/mol. The molecular formula is C51H41N3O4S2. The number of fused-ring (bicyclic) bond motifs is 2. The second-order valence-corrected chi connectivity index (χ2v) is 16.3. The van der Waals surface area contributed by atoms with E-state index in [1.807, 2.05) is 91.9 Å². The molecule has 0 unspecified atom stereocenters. The SMILES string of the molecule is CCOC(=O)c1cccc(-c2cccc3cc(Cc4cccc(C#N)c4)sc23)c1.COCCNC(=O)c1cccc(-c2cccc3cc(Cc4cccc(C#N)c4)sc23)c1. The summed E-state index contributed by atoms with van der Waals surface area (Å²) in [6, 6.07) is 52.1. The maximum Gasteiger partial charge on any atom is 0.338 e. The van der Waals surface area contributed by atoms with Gasteiger partial charge in [0, 0.05) is 51.2 Å². The summed E-state index contributed by atoms with van der Waals surface area (Å²) in [5.74, 6) is -0.402. The standard InChI is InChI=1S/C26H22N2O2S.C25H19NO2S/c1-30-12-11-28-26(29)22-9-3-7-20(15-22)24-10-4-8-21-16-23(31-25(21)24)14-18-5-2-6-19(13-18)17-27;1-2-28-25(27)21-10-4-8-19(14-21)23-11-5-9-20-15-22(29-24(20)23)13-17-6-3-7-18(12-17)16-26/h2-10,13,15-16H,11-12,14H2,1H3,(H,28,29);3-12,14-15H,2,13H2,1H3. The van der Waals surface area contributed by atoms with Crippen LogP contribution in [0.25, 0.3) is 42.4 Å². The number of carbonyl (C=O) groups excluding carboxylic acids is 2. The molecule has 2 heterocycles. The Morgan fingerprint density at radius 3 is 1.63 bits per heavy atom. The van der Waals surface area contributed by atoms with E-state index in [9.17, 15) is 9.59 Å². The molecule has 0 aliphatic heterocycles. The molecule has 0 radical (unpaired) electrons. The number of nitrogens with zero attached hydrogens (tertiary/aromatic N) is 2. The van der Waals surface area contributed by atoms with Crippen molar-refractivity contribution < 1.29 is 19.1 Å². The molecular weight excluding hydrogens is 783 g/mol. The summed E-state index contributed by atoms with van der Waals surface area (Å²) in [7, 11) is 1.61. The summed E-state index contributed by atoms with van der Waals surface area (Å²) in [6.07, 6.45) is 1.58. The lowest BCUT2D eigenvalue weighted by Gasteiger charge is -2.08. The lowest BCUT2D eigenvalue weighted by Crippen LogP contribution is -2.26. The molecule has 0 aliphatic carbocycles. The first kappa shape index (κ1) is 41.3. The number of methoxy groups -OCH3 is 1. The van der Waals surface area contributed by atoms with Gasteiger partial charge in [0.25, 0.3) is 5.91 Å². The van der Waals surface area contributed by atoms with Crippen molar-refractivity contribution in [3.63, 3.8) is 0 Å². The number of hydrogen-bond donors (Lipinski definition) is 1. The van der Waals surface area contributed by atoms with E-state index in [2.05, 4.69) is 72.1 Å². The zero-order chi connectivity index (χ0) is 41.8. The fourth-order valence-electron chi connectivity index (χ4n) is 6.99. The smallest absolute Gasteiger partial charge is 0.338 e. The second kappa shape index (κ2) is 19.7. The number of esters is 1. The Labute approximate surface area is 357 Å². The van der Waals surface area contributed by atoms with Crippen molar-refractivity contribution in [1.82, 2.24) is 5.32 Å². The summed E-state index contributed by atoms with van der Waals surface area (Å²) in [5.41, 5.74) is 9.05. The lowest BCUT2D eigenvalue weighted by molar-refractivity contribution is 0.0526. The van der Waals surface area contributed by atoms with E-state index in [4.69, 9.17) is 20.0 Å². The van der Waals surface area contributed by atoms with Gasteiger partial charge in [0.1, 0.15) is 0 Å². The van der Waals surface area contributed by atoms with Crippen LogP contribution in [0.1, 0.15) is 59.6 Å². The van der Waals surface area contributed by atoms with Crippen LogP contribution in [0.3, 0.4) is 0 Å². The molecule has 0 saturated carbocycles. The highest BCUT2D eigenvalue weighted by Gasteiger charge is 2.14. The molecule has 6 aromatic carbocycles. The number of nitrogens with one attached hydrogen (secondary N) is 1. The molecule has 1 N–H and O–H groups in total. The van der Waals surface area contributed by atoms with Crippen LogP contribution in [-0.4, -0.2) is 38.7 Å². The Balaban J connectivity index is 0.000000182. The van der Waals surface area contributed by atoms with Gasteiger partial charge < -0.3 is 14.8 Å². The largest absolute Gasteiger partial charge is 0.462 e. The van der Waals surface area contributed by atoms with E-state index in [-0.39, 0.29) is 11.9 Å². The number of amides is 1. The highest BCUT2D eigenvalue weighted by molar-refractivity contribution is 7.20. The Hall–Kier alpha value is -6.88. The van der Waals surface area contributed by atoms with E-state index < -0.39 is 0 Å². The maximum absolute atomic E-state index is 12.4. The normalized spacial score (nSPS) is 10.7. The minimum atomic E-state index is -0.300. The topological polar surface area (TPSA) is 112 Å². The summed E-state index contributed by atoms with van der Waals surface area (Å²) in [4.78, 5) is 27.0. The van der Waals surface area contributed by atoms with Gasteiger partial charge >= 0.3 is 5.97 Å². The van der Waals surface area contributed by atoms with Gasteiger partial charge in [0.05, 0.1) is 42.0 Å². The zero-order valence-corrected chi connectivity index (χ0v) is 34.9. The van der Waals surface area contributed by atoms with E-state index in [0.29, 0.717) is 42.0 Å². The van der Waals surface area contributed by atoms with Crippen molar-refractivity contribution in [2.75, 3.05) is 26.9 Å². The quantitative estimate of drug-likeness (QED) is 0.0970. The van der Waals surface area contributed by atoms with Crippen LogP contribution in [0.4, 0.5) is 0 Å². The number of nitriles is 2. The monoisotopic (exact) mass is 823 g/mol. The predicted octanol–water partition coefficient (Wildman–Crippen LogP) is 11.6. The Morgan fingerprint density at radius 2 is 1.12 bits per heavy atom. The van der Waals surface area contributed by atoms with E-state index >= 15 is 0 Å². The molecule has 8 aromatic rings. The van der Waals surface area contributed by atoms with Crippen LogP contribution in [0.2, 0.25) is 0 Å². The molecule has 9 heteroatoms. The molecule has 296 valence electrons. The molecule has 7 nitrogen and oxygen atoms in total. The van der Waals surface area contributed by atoms with Crippen LogP contribution in [0.15, 0.2) is 146 Å². The third kappa shape index (κ3) is 10.0. The second-order valence-electron chi connectivity index (χ2n) is 14.0. The number of rotatable bonds is 12. The third-order valence-electron chi connectivity index (χ3n) is 9.77. The molecule has 1 amide bonds. The van der Waals surface area contributed by atoms with Gasteiger partial charge in [-0.25, -0.2) is 4.79 Å². The van der Waals surface area contributed by atoms with Crippen LogP contribution in [0, 0.1) is 22.7 Å². The molecule has 0 bridgehead atoms. The zero-order valence-electron chi connectivity index (χ0n) is 33.2. The first-order valence-corrected chi connectivity index (χ1v) is 21.1. The lowest BCUT2D eigenvalue weighted by atomic mass is 10.0. The molecule has 0 atom stereocenters. The Bertz CT molecular complexity index is 2900. The Kier molecular flexibility index (Phi) is 13.6. The molecule has 8 rings (SSSR count). The highest BCUT2D eigenvalue weighted by atomic mass is 32.1. The number of benzene rings is 6. The van der Waals surface area contributed by atoms with Crippen molar-refractivity contribution in [3.8, 4) is 34.4 Å². The first-order chi connectivity index (χ1) is 29.3. The van der Waals surface area contributed by atoms with Crippen molar-refractivity contribution in [2.24, 2.45) is 0 Å². The van der Waals surface area contributed by atoms with Crippen molar-refractivity contribution in [2.45, 2.75) is 19.8 Å². The van der Waals surface area contributed by atoms with Gasteiger partial charge in [-0.05, 0) is 112 Å². The average Bonchev–Trinajstić information content (AvgIpc) is 3.90. The first-order valence-electron chi connectivity index (χ1n) is 19.5. The van der Waals surface area contributed by atoms with Crippen LogP contribution in [0.5, 0.6) is 0 Å². The predicted molar refractivity (Wildman–Crippen MR) is 243 cm³/mol. The fraction of sp³-hybridized carbons (Fsp3) is 0.137. The number of ether oxygens (including phenoxy) is 2. The van der Waals surface area contributed by atoms with Gasteiger partial charge in [0.2, 0.25) is 0 Å². The van der Waals surface area contributed by atoms with E-state index in [1.165, 1.54) is 29.9 Å². The molecule has 0 saturated heterocycles. The van der Waals surface area contributed by atoms with Crippen LogP contribution in [-0.2, 0) is 22.3 Å². The van der Waals surface area contributed by atoms with Gasteiger partial charge in [-0.1, -0.05) is 84.9 Å². The fourth-order valence-corrected chi connectivity index (χ4v) is 9.45. The number of hydrogen-bond acceptors (Lipinski definition) is 8. The highest BCUT2D eigenvalue weighted by Crippen LogP contribution is 2.38. The molecule has 0 spiro atoms. The van der Waals surface area contributed by atoms with Gasteiger partial charge in [-0.2, -0.15) is 10.5 Å². The van der Waals surface area contributed by atoms with Gasteiger partial charge in [0.15, 0.2) is 0 Å². The maximum atomic E-state index is 12.4. The molecule has 60 heavy (non-hydrogen) atoms. The van der Waals surface area contributed by atoms with Crippen molar-refractivity contribution >= 4 is 54.7 Å². The summed E-state index contributed by atoms with van der Waals surface area (Å²) >= 11 is 3.51.